The maximum atomic E-state index is 11.9. The molecule has 0 amide bonds. The Labute approximate surface area is 127 Å². The zero-order valence-electron chi connectivity index (χ0n) is 11.7. The molecule has 0 atom stereocenters. The average molecular weight is 342 g/mol. The summed E-state index contributed by atoms with van der Waals surface area (Å²) in [5.41, 5.74) is 6.02. The monoisotopic (exact) mass is 341 g/mol. The highest BCUT2D eigenvalue weighted by Crippen LogP contribution is 2.39. The number of hydrogen-bond donors (Lipinski definition) is 1. The second kappa shape index (κ2) is 7.09. The number of methoxy groups -OCH3 is 1. The Morgan fingerprint density at radius 2 is 2.10 bits per heavy atom. The maximum absolute atomic E-state index is 11.9. The fourth-order valence-corrected chi connectivity index (χ4v) is 2.98. The van der Waals surface area contributed by atoms with Gasteiger partial charge in [0.05, 0.1) is 17.7 Å². The number of carbonyl (C=O) groups is 1. The summed E-state index contributed by atoms with van der Waals surface area (Å²) < 4.78 is 12.1. The second-order valence-corrected chi connectivity index (χ2v) is 5.83. The van der Waals surface area contributed by atoms with E-state index in [9.17, 15) is 4.79 Å². The van der Waals surface area contributed by atoms with Crippen molar-refractivity contribution < 1.29 is 14.3 Å². The number of ether oxygens (including phenoxy) is 2. The minimum atomic E-state index is 0.0129. The van der Waals surface area contributed by atoms with Gasteiger partial charge >= 0.3 is 0 Å². The lowest BCUT2D eigenvalue weighted by molar-refractivity contribution is 0.0985. The zero-order valence-corrected chi connectivity index (χ0v) is 13.2. The number of benzene rings is 1. The number of nitrogens with two attached hydrogens (primary N) is 1. The second-order valence-electron chi connectivity index (χ2n) is 4.98. The normalized spacial score (nSPS) is 15.3. The number of carbonyl (C=O) groups excluding carboxylic acids is 1. The summed E-state index contributed by atoms with van der Waals surface area (Å²) in [5.74, 6) is 1.29. The van der Waals surface area contributed by atoms with E-state index in [4.69, 9.17) is 15.2 Å². The van der Waals surface area contributed by atoms with Crippen molar-refractivity contribution in [3.63, 3.8) is 0 Å². The van der Waals surface area contributed by atoms with E-state index in [0.717, 1.165) is 17.3 Å². The molecule has 0 unspecified atom stereocenters. The number of hydrogen-bond acceptors (Lipinski definition) is 4. The molecular weight excluding hydrogens is 322 g/mol. The first-order valence-corrected chi connectivity index (χ1v) is 7.72. The van der Waals surface area contributed by atoms with Crippen LogP contribution in [-0.4, -0.2) is 25.5 Å². The van der Waals surface area contributed by atoms with E-state index in [2.05, 4.69) is 15.9 Å². The highest BCUT2D eigenvalue weighted by atomic mass is 79.9. The molecule has 0 heterocycles. The van der Waals surface area contributed by atoms with Crippen LogP contribution in [0, 0.1) is 0 Å². The van der Waals surface area contributed by atoms with Gasteiger partial charge in [-0.25, -0.2) is 0 Å². The summed E-state index contributed by atoms with van der Waals surface area (Å²) in [7, 11) is 1.58. The third kappa shape index (κ3) is 3.52. The molecule has 20 heavy (non-hydrogen) atoms. The van der Waals surface area contributed by atoms with Crippen molar-refractivity contribution in [3.8, 4) is 11.5 Å². The van der Waals surface area contributed by atoms with Crippen LogP contribution < -0.4 is 15.2 Å². The van der Waals surface area contributed by atoms with Gasteiger partial charge in [-0.3, -0.25) is 4.79 Å². The Bertz CT molecular complexity index is 484. The van der Waals surface area contributed by atoms with Crippen molar-refractivity contribution in [3.05, 3.63) is 22.2 Å². The van der Waals surface area contributed by atoms with E-state index in [1.807, 2.05) is 0 Å². The zero-order chi connectivity index (χ0) is 14.5. The lowest BCUT2D eigenvalue weighted by Gasteiger charge is -2.18. The number of halogens is 1. The summed E-state index contributed by atoms with van der Waals surface area (Å²) in [4.78, 5) is 11.9. The van der Waals surface area contributed by atoms with Crippen molar-refractivity contribution in [1.29, 1.82) is 0 Å². The summed E-state index contributed by atoms with van der Waals surface area (Å²) in [6.07, 6.45) is 5.13. The van der Waals surface area contributed by atoms with Crippen molar-refractivity contribution in [2.24, 2.45) is 5.73 Å². The third-order valence-corrected chi connectivity index (χ3v) is 4.10. The number of Topliss-reactive ketones (excluding diaryl/α,β-unsaturated/α-hetero) is 1. The SMILES string of the molecule is COc1cc(C(=O)CCN)cc(Br)c1OC1CCCC1. The fraction of sp³-hybridized carbons (Fsp3) is 0.533. The molecule has 2 N–H and O–H groups in total. The Balaban J connectivity index is 2.25. The van der Waals surface area contributed by atoms with Crippen LogP contribution in [0.15, 0.2) is 16.6 Å². The smallest absolute Gasteiger partial charge is 0.175 e. The molecule has 1 aromatic carbocycles. The van der Waals surface area contributed by atoms with Gasteiger partial charge in [-0.1, -0.05) is 0 Å². The van der Waals surface area contributed by atoms with E-state index in [0.29, 0.717) is 30.0 Å². The van der Waals surface area contributed by atoms with E-state index in [1.165, 1.54) is 12.8 Å². The molecule has 1 aliphatic carbocycles. The van der Waals surface area contributed by atoms with Gasteiger partial charge in [0, 0.05) is 12.0 Å². The van der Waals surface area contributed by atoms with E-state index in [1.54, 1.807) is 19.2 Å². The highest BCUT2D eigenvalue weighted by molar-refractivity contribution is 9.10. The minimum Gasteiger partial charge on any atom is -0.493 e. The predicted octanol–water partition coefficient (Wildman–Crippen LogP) is 3.31. The number of ketones is 1. The molecule has 0 bridgehead atoms. The standard InChI is InChI=1S/C15H20BrNO3/c1-19-14-9-10(13(18)6-7-17)8-12(16)15(14)20-11-4-2-3-5-11/h8-9,11H,2-7,17H2,1H3. The van der Waals surface area contributed by atoms with Crippen LogP contribution >= 0.6 is 15.9 Å². The van der Waals surface area contributed by atoms with Gasteiger partial charge in [0.2, 0.25) is 0 Å². The molecule has 0 radical (unpaired) electrons. The molecule has 1 fully saturated rings. The van der Waals surface area contributed by atoms with E-state index >= 15 is 0 Å². The van der Waals surface area contributed by atoms with Crippen LogP contribution in [0.3, 0.4) is 0 Å². The molecule has 0 spiro atoms. The van der Waals surface area contributed by atoms with Gasteiger partial charge in [0.1, 0.15) is 0 Å². The molecule has 110 valence electrons. The largest absolute Gasteiger partial charge is 0.493 e. The topological polar surface area (TPSA) is 61.5 Å². The predicted molar refractivity (Wildman–Crippen MR) is 81.6 cm³/mol. The molecule has 1 aliphatic rings. The van der Waals surface area contributed by atoms with Gasteiger partial charge in [-0.2, -0.15) is 0 Å². The van der Waals surface area contributed by atoms with Crippen LogP contribution in [0.2, 0.25) is 0 Å². The fourth-order valence-electron chi connectivity index (χ4n) is 2.44. The summed E-state index contributed by atoms with van der Waals surface area (Å²) >= 11 is 3.48. The molecule has 0 saturated heterocycles. The van der Waals surface area contributed by atoms with Crippen LogP contribution in [-0.2, 0) is 0 Å². The van der Waals surface area contributed by atoms with Crippen molar-refractivity contribution >= 4 is 21.7 Å². The van der Waals surface area contributed by atoms with E-state index < -0.39 is 0 Å². The molecular formula is C15H20BrNO3. The highest BCUT2D eigenvalue weighted by Gasteiger charge is 2.21. The van der Waals surface area contributed by atoms with Gasteiger partial charge in [-0.05, 0) is 60.3 Å². The van der Waals surface area contributed by atoms with Crippen LogP contribution in [0.5, 0.6) is 11.5 Å². The van der Waals surface area contributed by atoms with Gasteiger partial charge in [0.15, 0.2) is 17.3 Å². The lowest BCUT2D eigenvalue weighted by atomic mass is 10.1. The van der Waals surface area contributed by atoms with Gasteiger partial charge in [0.25, 0.3) is 0 Å². The molecule has 2 rings (SSSR count). The third-order valence-electron chi connectivity index (χ3n) is 3.51. The van der Waals surface area contributed by atoms with Crippen molar-refractivity contribution in [2.75, 3.05) is 13.7 Å². The van der Waals surface area contributed by atoms with Crippen molar-refractivity contribution in [2.45, 2.75) is 38.2 Å². The summed E-state index contributed by atoms with van der Waals surface area (Å²) in [5, 5.41) is 0. The van der Waals surface area contributed by atoms with E-state index in [-0.39, 0.29) is 11.9 Å². The van der Waals surface area contributed by atoms with Crippen LogP contribution in [0.25, 0.3) is 0 Å². The first-order chi connectivity index (χ1) is 9.65. The lowest BCUT2D eigenvalue weighted by Crippen LogP contribution is -2.13. The molecule has 1 saturated carbocycles. The Morgan fingerprint density at radius 1 is 1.40 bits per heavy atom. The Morgan fingerprint density at radius 3 is 2.70 bits per heavy atom. The minimum absolute atomic E-state index is 0.0129. The van der Waals surface area contributed by atoms with Gasteiger partial charge < -0.3 is 15.2 Å². The van der Waals surface area contributed by atoms with Gasteiger partial charge in [-0.15, -0.1) is 0 Å². The summed E-state index contributed by atoms with van der Waals surface area (Å²) in [6.45, 7) is 0.346. The van der Waals surface area contributed by atoms with Crippen LogP contribution in [0.1, 0.15) is 42.5 Å². The quantitative estimate of drug-likeness (QED) is 0.806. The molecule has 1 aromatic rings. The maximum Gasteiger partial charge on any atom is 0.175 e. The molecule has 5 heteroatoms. The Kier molecular flexibility index (Phi) is 5.43. The molecule has 0 aromatic heterocycles. The molecule has 4 nitrogen and oxygen atoms in total. The van der Waals surface area contributed by atoms with Crippen molar-refractivity contribution in [1.82, 2.24) is 0 Å². The number of rotatable bonds is 6. The summed E-state index contributed by atoms with van der Waals surface area (Å²) in [6, 6.07) is 3.51. The Hall–Kier alpha value is -1.07. The average Bonchev–Trinajstić information content (AvgIpc) is 2.94. The van der Waals surface area contributed by atoms with Crippen LogP contribution in [0.4, 0.5) is 0 Å². The molecule has 0 aliphatic heterocycles. The first-order valence-electron chi connectivity index (χ1n) is 6.93. The first kappa shape index (κ1) is 15.3.